The van der Waals surface area contributed by atoms with Gasteiger partial charge in [0.2, 0.25) is 10.0 Å². The van der Waals surface area contributed by atoms with Gasteiger partial charge in [-0.15, -0.1) is 0 Å². The van der Waals surface area contributed by atoms with Crippen molar-refractivity contribution < 1.29 is 18.3 Å². The molecule has 2 aromatic carbocycles. The van der Waals surface area contributed by atoms with Gasteiger partial charge in [0.1, 0.15) is 0 Å². The highest BCUT2D eigenvalue weighted by Gasteiger charge is 2.23. The second-order valence-electron chi connectivity index (χ2n) is 6.62. The SMILES string of the molecule is Cc1ccc(C(C)C)c(N(C(=O)O)c2ccc(S(=O)(=O)N(C)C)cc2)c1. The molecular weight excluding hydrogens is 352 g/mol. The number of aryl methyl sites for hydroxylation is 1. The third kappa shape index (κ3) is 3.89. The molecule has 0 fully saturated rings. The summed E-state index contributed by atoms with van der Waals surface area (Å²) in [6, 6.07) is 11.6. The largest absolute Gasteiger partial charge is 0.464 e. The number of carbonyl (C=O) groups is 1. The molecule has 0 aromatic heterocycles. The van der Waals surface area contributed by atoms with Crippen LogP contribution in [0.25, 0.3) is 0 Å². The quantitative estimate of drug-likeness (QED) is 0.849. The van der Waals surface area contributed by atoms with Gasteiger partial charge >= 0.3 is 6.09 Å². The summed E-state index contributed by atoms with van der Waals surface area (Å²) in [5.41, 5.74) is 2.82. The predicted octanol–water partition coefficient (Wildman–Crippen LogP) is 4.18. The third-order valence-corrected chi connectivity index (χ3v) is 5.94. The average molecular weight is 376 g/mol. The van der Waals surface area contributed by atoms with Gasteiger partial charge in [-0.25, -0.2) is 22.4 Å². The van der Waals surface area contributed by atoms with Crippen molar-refractivity contribution in [2.75, 3.05) is 19.0 Å². The van der Waals surface area contributed by atoms with Gasteiger partial charge in [0, 0.05) is 14.1 Å². The van der Waals surface area contributed by atoms with E-state index < -0.39 is 16.1 Å². The Hall–Kier alpha value is -2.38. The number of anilines is 2. The molecular formula is C19H24N2O4S. The molecule has 0 saturated carbocycles. The van der Waals surface area contributed by atoms with Crippen molar-refractivity contribution in [3.63, 3.8) is 0 Å². The van der Waals surface area contributed by atoms with Crippen LogP contribution in [0.5, 0.6) is 0 Å². The molecule has 7 heteroatoms. The highest BCUT2D eigenvalue weighted by Crippen LogP contribution is 2.34. The van der Waals surface area contributed by atoms with Crippen molar-refractivity contribution in [1.29, 1.82) is 0 Å². The van der Waals surface area contributed by atoms with Crippen LogP contribution in [0.1, 0.15) is 30.9 Å². The molecule has 0 spiro atoms. The molecule has 140 valence electrons. The van der Waals surface area contributed by atoms with Gasteiger partial charge in [-0.3, -0.25) is 0 Å². The van der Waals surface area contributed by atoms with Crippen molar-refractivity contribution >= 4 is 27.5 Å². The number of amides is 1. The first-order chi connectivity index (χ1) is 12.1. The monoisotopic (exact) mass is 376 g/mol. The summed E-state index contributed by atoms with van der Waals surface area (Å²) in [6.45, 7) is 5.91. The molecule has 0 aliphatic carbocycles. The van der Waals surface area contributed by atoms with Gasteiger partial charge in [0.05, 0.1) is 16.3 Å². The first kappa shape index (κ1) is 19.9. The highest BCUT2D eigenvalue weighted by atomic mass is 32.2. The molecule has 0 saturated heterocycles. The number of hydrogen-bond acceptors (Lipinski definition) is 3. The van der Waals surface area contributed by atoms with Crippen LogP contribution < -0.4 is 4.90 Å². The maximum absolute atomic E-state index is 12.2. The van der Waals surface area contributed by atoms with Crippen molar-refractivity contribution in [3.05, 3.63) is 53.6 Å². The molecule has 2 rings (SSSR count). The van der Waals surface area contributed by atoms with Crippen molar-refractivity contribution in [1.82, 2.24) is 4.31 Å². The molecule has 0 atom stereocenters. The lowest BCUT2D eigenvalue weighted by Gasteiger charge is -2.24. The van der Waals surface area contributed by atoms with Crippen LogP contribution in [0.15, 0.2) is 47.4 Å². The van der Waals surface area contributed by atoms with Crippen LogP contribution in [0.4, 0.5) is 16.2 Å². The first-order valence-corrected chi connectivity index (χ1v) is 9.66. The maximum atomic E-state index is 12.2. The van der Waals surface area contributed by atoms with Crippen LogP contribution in [0.2, 0.25) is 0 Å². The van der Waals surface area contributed by atoms with Crippen molar-refractivity contribution in [2.45, 2.75) is 31.6 Å². The number of rotatable bonds is 5. The lowest BCUT2D eigenvalue weighted by molar-refractivity contribution is 0.204. The number of nitrogens with zero attached hydrogens (tertiary/aromatic N) is 2. The Morgan fingerprint density at radius 2 is 1.62 bits per heavy atom. The van der Waals surface area contributed by atoms with E-state index in [0.717, 1.165) is 15.4 Å². The Balaban J connectivity index is 2.57. The minimum atomic E-state index is -3.57. The van der Waals surface area contributed by atoms with E-state index in [9.17, 15) is 18.3 Å². The van der Waals surface area contributed by atoms with Crippen LogP contribution >= 0.6 is 0 Å². The molecule has 1 amide bonds. The summed E-state index contributed by atoms with van der Waals surface area (Å²) >= 11 is 0. The van der Waals surface area contributed by atoms with E-state index in [1.165, 1.54) is 43.3 Å². The van der Waals surface area contributed by atoms with Crippen molar-refractivity contribution in [2.24, 2.45) is 0 Å². The minimum Gasteiger partial charge on any atom is -0.464 e. The number of benzene rings is 2. The summed E-state index contributed by atoms with van der Waals surface area (Å²) in [6.07, 6.45) is -1.12. The van der Waals surface area contributed by atoms with Gasteiger partial charge in [-0.1, -0.05) is 26.0 Å². The van der Waals surface area contributed by atoms with E-state index >= 15 is 0 Å². The maximum Gasteiger partial charge on any atom is 0.416 e. The Labute approximate surface area is 154 Å². The normalized spacial score (nSPS) is 11.8. The topological polar surface area (TPSA) is 77.9 Å². The second kappa shape index (κ2) is 7.47. The van der Waals surface area contributed by atoms with Crippen molar-refractivity contribution in [3.8, 4) is 0 Å². The Morgan fingerprint density at radius 3 is 2.08 bits per heavy atom. The standard InChI is InChI=1S/C19H24N2O4S/c1-13(2)17-11-6-14(3)12-18(17)21(19(22)23)15-7-9-16(10-8-15)26(24,25)20(4)5/h6-13H,1-5H3,(H,22,23). The molecule has 0 radical (unpaired) electrons. The molecule has 6 nitrogen and oxygen atoms in total. The van der Waals surface area contributed by atoms with Gasteiger partial charge < -0.3 is 5.11 Å². The molecule has 26 heavy (non-hydrogen) atoms. The summed E-state index contributed by atoms with van der Waals surface area (Å²) in [5.74, 6) is 0.140. The van der Waals surface area contributed by atoms with Crippen LogP contribution in [0, 0.1) is 6.92 Å². The van der Waals surface area contributed by atoms with Crippen LogP contribution in [-0.4, -0.2) is 38.0 Å². The fourth-order valence-electron chi connectivity index (χ4n) is 2.67. The summed E-state index contributed by atoms with van der Waals surface area (Å²) in [5, 5.41) is 9.79. The van der Waals surface area contributed by atoms with E-state index in [1.807, 2.05) is 39.0 Å². The predicted molar refractivity (Wildman–Crippen MR) is 103 cm³/mol. The molecule has 0 heterocycles. The highest BCUT2D eigenvalue weighted by molar-refractivity contribution is 7.89. The second-order valence-corrected chi connectivity index (χ2v) is 8.77. The smallest absolute Gasteiger partial charge is 0.416 e. The fraction of sp³-hybridized carbons (Fsp3) is 0.316. The van der Waals surface area contributed by atoms with E-state index in [0.29, 0.717) is 11.4 Å². The number of carboxylic acid groups (broad SMARTS) is 1. The average Bonchev–Trinajstić information content (AvgIpc) is 2.55. The lowest BCUT2D eigenvalue weighted by Crippen LogP contribution is -2.25. The van der Waals surface area contributed by atoms with Gasteiger partial charge in [-0.05, 0) is 54.3 Å². The molecule has 0 unspecified atom stereocenters. The third-order valence-electron chi connectivity index (χ3n) is 4.11. The molecule has 0 aliphatic rings. The summed E-state index contributed by atoms with van der Waals surface area (Å²) in [4.78, 5) is 13.3. The first-order valence-electron chi connectivity index (χ1n) is 8.22. The number of sulfonamides is 1. The summed E-state index contributed by atoms with van der Waals surface area (Å²) in [7, 11) is -0.660. The molecule has 2 aromatic rings. The number of hydrogen-bond donors (Lipinski definition) is 1. The molecule has 1 N–H and O–H groups in total. The van der Waals surface area contributed by atoms with E-state index in [-0.39, 0.29) is 10.8 Å². The minimum absolute atomic E-state index is 0.116. The Morgan fingerprint density at radius 1 is 1.04 bits per heavy atom. The zero-order valence-corrected chi connectivity index (χ0v) is 16.4. The molecule has 0 aliphatic heterocycles. The molecule has 0 bridgehead atoms. The fourth-order valence-corrected chi connectivity index (χ4v) is 3.57. The Bertz CT molecular complexity index is 904. The van der Waals surface area contributed by atoms with Crippen LogP contribution in [0.3, 0.4) is 0 Å². The zero-order valence-electron chi connectivity index (χ0n) is 15.6. The van der Waals surface area contributed by atoms with E-state index in [4.69, 9.17) is 0 Å². The van der Waals surface area contributed by atoms with E-state index in [1.54, 1.807) is 0 Å². The van der Waals surface area contributed by atoms with Gasteiger partial charge in [0.25, 0.3) is 0 Å². The Kier molecular flexibility index (Phi) is 5.73. The summed E-state index contributed by atoms with van der Waals surface area (Å²) < 4.78 is 25.5. The van der Waals surface area contributed by atoms with Gasteiger partial charge in [0.15, 0.2) is 0 Å². The lowest BCUT2D eigenvalue weighted by atomic mass is 9.98. The zero-order chi connectivity index (χ0) is 19.6. The van der Waals surface area contributed by atoms with Crippen LogP contribution in [-0.2, 0) is 10.0 Å². The van der Waals surface area contributed by atoms with Gasteiger partial charge in [-0.2, -0.15) is 0 Å². The van der Waals surface area contributed by atoms with E-state index in [2.05, 4.69) is 0 Å².